The summed E-state index contributed by atoms with van der Waals surface area (Å²) < 4.78 is 26.0. The molecule has 28 heavy (non-hydrogen) atoms. The van der Waals surface area contributed by atoms with Crippen LogP contribution in [-0.4, -0.2) is 29.3 Å². The molecule has 7 nitrogen and oxygen atoms in total. The molecule has 0 saturated heterocycles. The lowest BCUT2D eigenvalue weighted by Crippen LogP contribution is -2.13. The van der Waals surface area contributed by atoms with Gasteiger partial charge in [-0.2, -0.15) is 0 Å². The van der Waals surface area contributed by atoms with Crippen LogP contribution in [0.4, 0.5) is 11.4 Å². The third-order valence-corrected chi connectivity index (χ3v) is 4.94. The van der Waals surface area contributed by atoms with Gasteiger partial charge in [0.1, 0.15) is 28.2 Å². The van der Waals surface area contributed by atoms with Crippen molar-refractivity contribution in [1.82, 2.24) is 4.98 Å². The van der Waals surface area contributed by atoms with Crippen molar-refractivity contribution >= 4 is 28.3 Å². The molecule has 0 fully saturated rings. The van der Waals surface area contributed by atoms with E-state index < -0.39 is 11.0 Å². The summed E-state index contributed by atoms with van der Waals surface area (Å²) in [6, 6.07) is 17.0. The van der Waals surface area contributed by atoms with Crippen LogP contribution in [0.5, 0.6) is 11.5 Å². The molecule has 0 aliphatic rings. The molecule has 144 valence electrons. The molecule has 3 rings (SSSR count). The third-order valence-electron chi connectivity index (χ3n) is 3.84. The molecule has 0 saturated carbocycles. The Kier molecular flexibility index (Phi) is 6.23. The van der Waals surface area contributed by atoms with Crippen molar-refractivity contribution in [3.63, 3.8) is 0 Å². The Balaban J connectivity index is 1.68. The topological polar surface area (TPSA) is 89.6 Å². The molecule has 0 bridgehead atoms. The maximum atomic E-state index is 12.6. The van der Waals surface area contributed by atoms with Gasteiger partial charge in [0, 0.05) is 18.0 Å². The van der Waals surface area contributed by atoms with Gasteiger partial charge < -0.3 is 14.8 Å². The minimum absolute atomic E-state index is 0.310. The van der Waals surface area contributed by atoms with Crippen LogP contribution in [0, 0.1) is 0 Å². The van der Waals surface area contributed by atoms with Crippen molar-refractivity contribution in [1.29, 1.82) is 0 Å². The van der Waals surface area contributed by atoms with Gasteiger partial charge in [0.15, 0.2) is 0 Å². The van der Waals surface area contributed by atoms with E-state index in [0.717, 1.165) is 0 Å². The molecule has 0 radical (unpaired) electrons. The average molecular weight is 397 g/mol. The number of ether oxygens (including phenoxy) is 2. The molecule has 0 aliphatic heterocycles. The number of rotatable bonds is 7. The number of anilines is 2. The normalized spacial score (nSPS) is 11.4. The zero-order valence-corrected chi connectivity index (χ0v) is 16.2. The number of nitrogens with one attached hydrogen (secondary N) is 2. The third kappa shape index (κ3) is 4.66. The Hall–Kier alpha value is -3.39. The molecule has 3 aromatic rings. The highest BCUT2D eigenvalue weighted by Crippen LogP contribution is 2.30. The predicted octanol–water partition coefficient (Wildman–Crippen LogP) is 3.49. The maximum Gasteiger partial charge on any atom is 0.274 e. The Bertz CT molecular complexity index is 979. The van der Waals surface area contributed by atoms with Crippen LogP contribution in [-0.2, 0) is 11.0 Å². The largest absolute Gasteiger partial charge is 0.497 e. The SMILES string of the molecule is COc1ccc(NS(=O)c2ccc(NC(=O)c3ccccn3)cc2)c(OC)c1. The van der Waals surface area contributed by atoms with Crippen molar-refractivity contribution in [2.75, 3.05) is 24.3 Å². The fourth-order valence-electron chi connectivity index (χ4n) is 2.40. The molecule has 0 spiro atoms. The van der Waals surface area contributed by atoms with E-state index in [0.29, 0.717) is 33.5 Å². The fraction of sp³-hybridized carbons (Fsp3) is 0.100. The Morgan fingerprint density at radius 1 is 1.00 bits per heavy atom. The number of carbonyl (C=O) groups is 1. The zero-order chi connectivity index (χ0) is 19.9. The number of methoxy groups -OCH3 is 2. The van der Waals surface area contributed by atoms with Crippen LogP contribution < -0.4 is 19.5 Å². The van der Waals surface area contributed by atoms with Crippen LogP contribution >= 0.6 is 0 Å². The predicted molar refractivity (Wildman–Crippen MR) is 108 cm³/mol. The van der Waals surface area contributed by atoms with Gasteiger partial charge in [0.25, 0.3) is 5.91 Å². The van der Waals surface area contributed by atoms with Gasteiger partial charge in [-0.05, 0) is 48.5 Å². The smallest absolute Gasteiger partial charge is 0.274 e. The highest BCUT2D eigenvalue weighted by atomic mass is 32.2. The first-order valence-corrected chi connectivity index (χ1v) is 9.48. The maximum absolute atomic E-state index is 12.6. The Labute approximate surface area is 165 Å². The van der Waals surface area contributed by atoms with E-state index in [1.54, 1.807) is 74.0 Å². The fourth-order valence-corrected chi connectivity index (χ4v) is 3.27. The molecular formula is C20H19N3O4S. The number of pyridine rings is 1. The van der Waals surface area contributed by atoms with Gasteiger partial charge in [0.2, 0.25) is 0 Å². The number of carbonyl (C=O) groups excluding carboxylic acids is 1. The lowest BCUT2D eigenvalue weighted by molar-refractivity contribution is 0.102. The molecule has 1 amide bonds. The number of aromatic nitrogens is 1. The molecule has 1 heterocycles. The van der Waals surface area contributed by atoms with E-state index in [1.165, 1.54) is 7.11 Å². The van der Waals surface area contributed by atoms with Gasteiger partial charge in [0.05, 0.1) is 24.8 Å². The van der Waals surface area contributed by atoms with E-state index in [-0.39, 0.29) is 5.91 Å². The molecular weight excluding hydrogens is 378 g/mol. The molecule has 8 heteroatoms. The highest BCUT2D eigenvalue weighted by molar-refractivity contribution is 7.86. The van der Waals surface area contributed by atoms with Gasteiger partial charge >= 0.3 is 0 Å². The summed E-state index contributed by atoms with van der Waals surface area (Å²) in [7, 11) is 1.59. The minimum Gasteiger partial charge on any atom is -0.497 e. The van der Waals surface area contributed by atoms with Gasteiger partial charge in [-0.15, -0.1) is 0 Å². The first-order chi connectivity index (χ1) is 13.6. The first-order valence-electron chi connectivity index (χ1n) is 8.33. The standard InChI is InChI=1S/C20H19N3O4S/c1-26-15-8-11-17(19(13-15)27-2)23-28(25)16-9-6-14(7-10-16)22-20(24)18-5-3-4-12-21-18/h3-13,23H,1-2H3,(H,22,24). The van der Waals surface area contributed by atoms with Crippen molar-refractivity contribution < 1.29 is 18.5 Å². The molecule has 0 aliphatic carbocycles. The van der Waals surface area contributed by atoms with E-state index in [2.05, 4.69) is 15.0 Å². The van der Waals surface area contributed by atoms with E-state index in [1.807, 2.05) is 0 Å². The minimum atomic E-state index is -1.51. The number of hydrogen-bond donors (Lipinski definition) is 2. The average Bonchev–Trinajstić information content (AvgIpc) is 2.75. The number of amides is 1. The molecule has 1 aromatic heterocycles. The Morgan fingerprint density at radius 3 is 2.43 bits per heavy atom. The first kappa shape index (κ1) is 19.4. The second kappa shape index (κ2) is 9.01. The molecule has 1 atom stereocenters. The van der Waals surface area contributed by atoms with Crippen LogP contribution in [0.2, 0.25) is 0 Å². The molecule has 2 aromatic carbocycles. The summed E-state index contributed by atoms with van der Waals surface area (Å²) in [5, 5.41) is 2.75. The zero-order valence-electron chi connectivity index (χ0n) is 15.3. The summed E-state index contributed by atoms with van der Waals surface area (Å²) >= 11 is 0. The lowest BCUT2D eigenvalue weighted by Gasteiger charge is -2.12. The highest BCUT2D eigenvalue weighted by Gasteiger charge is 2.11. The summed E-state index contributed by atoms with van der Waals surface area (Å²) in [6.45, 7) is 0. The monoisotopic (exact) mass is 397 g/mol. The van der Waals surface area contributed by atoms with Crippen LogP contribution in [0.3, 0.4) is 0 Å². The van der Waals surface area contributed by atoms with Gasteiger partial charge in [-0.25, -0.2) is 4.21 Å². The van der Waals surface area contributed by atoms with Crippen molar-refractivity contribution in [3.05, 3.63) is 72.6 Å². The summed E-state index contributed by atoms with van der Waals surface area (Å²) in [5.74, 6) is 0.851. The second-order valence-corrected chi connectivity index (χ2v) is 6.84. The summed E-state index contributed by atoms with van der Waals surface area (Å²) in [6.07, 6.45) is 1.56. The van der Waals surface area contributed by atoms with Crippen molar-refractivity contribution in [2.24, 2.45) is 0 Å². The van der Waals surface area contributed by atoms with Crippen molar-refractivity contribution in [2.45, 2.75) is 4.90 Å². The van der Waals surface area contributed by atoms with Crippen molar-refractivity contribution in [3.8, 4) is 11.5 Å². The summed E-state index contributed by atoms with van der Waals surface area (Å²) in [5.41, 5.74) is 1.48. The van der Waals surface area contributed by atoms with Crippen LogP contribution in [0.15, 0.2) is 71.8 Å². The second-order valence-electron chi connectivity index (χ2n) is 5.63. The Morgan fingerprint density at radius 2 is 1.79 bits per heavy atom. The molecule has 2 N–H and O–H groups in total. The van der Waals surface area contributed by atoms with Crippen LogP contribution in [0.1, 0.15) is 10.5 Å². The van der Waals surface area contributed by atoms with Crippen LogP contribution in [0.25, 0.3) is 0 Å². The van der Waals surface area contributed by atoms with E-state index in [4.69, 9.17) is 9.47 Å². The number of benzene rings is 2. The van der Waals surface area contributed by atoms with Gasteiger partial charge in [-0.1, -0.05) is 6.07 Å². The lowest BCUT2D eigenvalue weighted by atomic mass is 10.3. The number of nitrogens with zero attached hydrogens (tertiary/aromatic N) is 1. The molecule has 1 unspecified atom stereocenters. The van der Waals surface area contributed by atoms with E-state index in [9.17, 15) is 9.00 Å². The van der Waals surface area contributed by atoms with Gasteiger partial charge in [-0.3, -0.25) is 14.5 Å². The van der Waals surface area contributed by atoms with E-state index >= 15 is 0 Å². The number of hydrogen-bond acceptors (Lipinski definition) is 5. The summed E-state index contributed by atoms with van der Waals surface area (Å²) in [4.78, 5) is 16.7. The quantitative estimate of drug-likeness (QED) is 0.637.